The highest BCUT2D eigenvalue weighted by Gasteiger charge is 2.35. The number of amides is 1. The molecule has 1 heterocycles. The number of rotatable bonds is 8. The van der Waals surface area contributed by atoms with E-state index in [4.69, 9.17) is 9.72 Å². The number of imidazole rings is 1. The van der Waals surface area contributed by atoms with E-state index < -0.39 is 18.4 Å². The molecule has 8 nitrogen and oxygen atoms in total. The molecule has 11 heteroatoms. The zero-order chi connectivity index (χ0) is 30.1. The highest BCUT2D eigenvalue weighted by atomic mass is 19.4. The highest BCUT2D eigenvalue weighted by molar-refractivity contribution is 5.99. The molecule has 1 aliphatic rings. The number of ether oxygens (including phenoxy) is 2. The Kier molecular flexibility index (Phi) is 8.56. The second kappa shape index (κ2) is 11.6. The van der Waals surface area contributed by atoms with Gasteiger partial charge in [0.25, 0.3) is 5.91 Å². The van der Waals surface area contributed by atoms with Gasteiger partial charge in [-0.1, -0.05) is 20.8 Å². The lowest BCUT2D eigenvalue weighted by atomic mass is 9.70. The summed E-state index contributed by atoms with van der Waals surface area (Å²) in [4.78, 5) is 31.8. The number of nitrogens with one attached hydrogen (secondary N) is 1. The molecule has 1 saturated carbocycles. The fraction of sp³-hybridized carbons (Fsp3) is 0.500. The van der Waals surface area contributed by atoms with Crippen molar-refractivity contribution in [3.8, 4) is 5.75 Å². The van der Waals surface area contributed by atoms with Gasteiger partial charge in [0.2, 0.25) is 5.95 Å². The van der Waals surface area contributed by atoms with Gasteiger partial charge in [-0.3, -0.25) is 4.79 Å². The molecule has 1 N–H and O–H groups in total. The smallest absolute Gasteiger partial charge is 0.464 e. The Labute approximate surface area is 237 Å². The van der Waals surface area contributed by atoms with E-state index in [1.165, 1.54) is 29.2 Å². The lowest BCUT2D eigenvalue weighted by Gasteiger charge is -2.40. The third-order valence-electron chi connectivity index (χ3n) is 7.54. The molecule has 1 fully saturated rings. The van der Waals surface area contributed by atoms with Crippen LogP contribution in [0.5, 0.6) is 5.75 Å². The van der Waals surface area contributed by atoms with Crippen LogP contribution in [0, 0.1) is 11.3 Å². The standard InChI is InChI=1S/C30H37F3N4O4/c1-7-40-27(39)19(3)36(6)26(38)20-8-13-24-25(15-20)37(22-14-18(2)16-29(4,5)17-22)28(35-24)34-21-9-11-23(12-10-21)41-30(31,32)33/h8-13,15,18-19,22H,7,14,16-17H2,1-6H3,(H,34,35)/t18-,19-,22+/m1/s1. The van der Waals surface area contributed by atoms with Crippen LogP contribution in [0.2, 0.25) is 0 Å². The fourth-order valence-corrected chi connectivity index (χ4v) is 5.85. The predicted molar refractivity (Wildman–Crippen MR) is 150 cm³/mol. The van der Waals surface area contributed by atoms with Crippen LogP contribution in [0.1, 0.15) is 70.3 Å². The van der Waals surface area contributed by atoms with E-state index >= 15 is 0 Å². The minimum absolute atomic E-state index is 0.0654. The largest absolute Gasteiger partial charge is 0.573 e. The van der Waals surface area contributed by atoms with Crippen molar-refractivity contribution in [2.24, 2.45) is 11.3 Å². The van der Waals surface area contributed by atoms with Gasteiger partial charge in [-0.05, 0) is 86.9 Å². The van der Waals surface area contributed by atoms with Gasteiger partial charge in [-0.2, -0.15) is 0 Å². The molecule has 0 spiro atoms. The number of hydrogen-bond acceptors (Lipinski definition) is 6. The van der Waals surface area contributed by atoms with Crippen LogP contribution in [0.25, 0.3) is 11.0 Å². The minimum atomic E-state index is -4.77. The number of benzene rings is 2. The number of fused-ring (bicyclic) bond motifs is 1. The van der Waals surface area contributed by atoms with Crippen LogP contribution >= 0.6 is 0 Å². The molecule has 4 rings (SSSR count). The van der Waals surface area contributed by atoms with Gasteiger partial charge >= 0.3 is 12.3 Å². The number of aromatic nitrogens is 2. The SMILES string of the molecule is CCOC(=O)[C@@H](C)N(C)C(=O)c1ccc2nc(Nc3ccc(OC(F)(F)F)cc3)n([C@H]3C[C@@H](C)CC(C)(C)C3)c2c1. The third-order valence-corrected chi connectivity index (χ3v) is 7.54. The van der Waals surface area contributed by atoms with Crippen LogP contribution in [-0.4, -0.2) is 52.4 Å². The maximum absolute atomic E-state index is 13.4. The van der Waals surface area contributed by atoms with E-state index in [9.17, 15) is 22.8 Å². The Morgan fingerprint density at radius 2 is 1.85 bits per heavy atom. The second-order valence-corrected chi connectivity index (χ2v) is 11.6. The Morgan fingerprint density at radius 3 is 2.46 bits per heavy atom. The normalized spacial score (nSPS) is 19.4. The molecule has 41 heavy (non-hydrogen) atoms. The van der Waals surface area contributed by atoms with Crippen molar-refractivity contribution in [3.63, 3.8) is 0 Å². The van der Waals surface area contributed by atoms with Crippen LogP contribution in [-0.2, 0) is 9.53 Å². The number of likely N-dealkylation sites (N-methyl/N-ethyl adjacent to an activating group) is 1. The summed E-state index contributed by atoms with van der Waals surface area (Å²) < 4.78 is 49.0. The molecule has 1 aromatic heterocycles. The summed E-state index contributed by atoms with van der Waals surface area (Å²) in [6.07, 6.45) is -1.90. The molecule has 0 aliphatic heterocycles. The number of alkyl halides is 3. The van der Waals surface area contributed by atoms with Crippen molar-refractivity contribution >= 4 is 34.5 Å². The first-order valence-electron chi connectivity index (χ1n) is 13.8. The lowest BCUT2D eigenvalue weighted by Crippen LogP contribution is -2.41. The summed E-state index contributed by atoms with van der Waals surface area (Å²) in [5.41, 5.74) is 2.44. The first kappa shape index (κ1) is 30.2. The molecule has 222 valence electrons. The van der Waals surface area contributed by atoms with Crippen molar-refractivity contribution in [2.75, 3.05) is 19.0 Å². The number of carbonyl (C=O) groups excluding carboxylic acids is 2. The summed E-state index contributed by atoms with van der Waals surface area (Å²) in [7, 11) is 1.57. The van der Waals surface area contributed by atoms with Crippen LogP contribution < -0.4 is 10.1 Å². The van der Waals surface area contributed by atoms with E-state index in [2.05, 4.69) is 35.4 Å². The number of anilines is 2. The summed E-state index contributed by atoms with van der Waals surface area (Å²) in [5, 5.41) is 3.27. The summed E-state index contributed by atoms with van der Waals surface area (Å²) in [5.74, 6) is -0.145. The van der Waals surface area contributed by atoms with Crippen molar-refractivity contribution in [3.05, 3.63) is 48.0 Å². The average Bonchev–Trinajstić information content (AvgIpc) is 3.23. The summed E-state index contributed by atoms with van der Waals surface area (Å²) in [6, 6.07) is 10.0. The first-order valence-corrected chi connectivity index (χ1v) is 13.8. The molecule has 0 bridgehead atoms. The molecule has 1 aliphatic carbocycles. The summed E-state index contributed by atoms with van der Waals surface area (Å²) in [6.45, 7) is 10.3. The van der Waals surface area contributed by atoms with E-state index in [0.717, 1.165) is 24.8 Å². The lowest BCUT2D eigenvalue weighted by molar-refractivity contribution is -0.274. The van der Waals surface area contributed by atoms with Crippen molar-refractivity contribution in [1.82, 2.24) is 14.5 Å². The maximum Gasteiger partial charge on any atom is 0.573 e. The van der Waals surface area contributed by atoms with E-state index in [1.54, 1.807) is 39.1 Å². The van der Waals surface area contributed by atoms with Gasteiger partial charge in [0.15, 0.2) is 0 Å². The summed E-state index contributed by atoms with van der Waals surface area (Å²) >= 11 is 0. The van der Waals surface area contributed by atoms with Gasteiger partial charge in [0.1, 0.15) is 11.8 Å². The predicted octanol–water partition coefficient (Wildman–Crippen LogP) is 7.09. The molecule has 3 aromatic rings. The van der Waals surface area contributed by atoms with Crippen LogP contribution in [0.15, 0.2) is 42.5 Å². The number of hydrogen-bond donors (Lipinski definition) is 1. The first-order chi connectivity index (χ1) is 19.2. The molecule has 0 radical (unpaired) electrons. The molecular weight excluding hydrogens is 537 g/mol. The fourth-order valence-electron chi connectivity index (χ4n) is 5.85. The van der Waals surface area contributed by atoms with Crippen molar-refractivity contribution in [1.29, 1.82) is 0 Å². The Hall–Kier alpha value is -3.76. The number of nitrogens with zero attached hydrogens (tertiary/aromatic N) is 3. The topological polar surface area (TPSA) is 85.7 Å². The number of carbonyl (C=O) groups is 2. The molecule has 3 atom stereocenters. The maximum atomic E-state index is 13.4. The molecule has 2 aromatic carbocycles. The van der Waals surface area contributed by atoms with E-state index in [1.807, 2.05) is 0 Å². The van der Waals surface area contributed by atoms with Gasteiger partial charge in [0.05, 0.1) is 17.6 Å². The third kappa shape index (κ3) is 7.12. The van der Waals surface area contributed by atoms with Crippen LogP contribution in [0.3, 0.4) is 0 Å². The van der Waals surface area contributed by atoms with E-state index in [-0.39, 0.29) is 29.7 Å². The number of halogens is 3. The van der Waals surface area contributed by atoms with E-state index in [0.29, 0.717) is 28.6 Å². The van der Waals surface area contributed by atoms with Gasteiger partial charge < -0.3 is 24.3 Å². The van der Waals surface area contributed by atoms with Gasteiger partial charge in [-0.25, -0.2) is 9.78 Å². The van der Waals surface area contributed by atoms with Crippen molar-refractivity contribution in [2.45, 2.75) is 72.3 Å². The zero-order valence-electron chi connectivity index (χ0n) is 24.2. The average molecular weight is 575 g/mol. The Morgan fingerprint density at radius 1 is 1.17 bits per heavy atom. The Bertz CT molecular complexity index is 1400. The van der Waals surface area contributed by atoms with Crippen LogP contribution in [0.4, 0.5) is 24.8 Å². The second-order valence-electron chi connectivity index (χ2n) is 11.6. The molecule has 1 amide bonds. The minimum Gasteiger partial charge on any atom is -0.464 e. The number of esters is 1. The monoisotopic (exact) mass is 574 g/mol. The molecule has 0 saturated heterocycles. The quantitative estimate of drug-likeness (QED) is 0.289. The molecule has 0 unspecified atom stereocenters. The highest BCUT2D eigenvalue weighted by Crippen LogP contribution is 2.46. The van der Waals surface area contributed by atoms with Crippen molar-refractivity contribution < 1.29 is 32.2 Å². The van der Waals surface area contributed by atoms with Gasteiger partial charge in [-0.15, -0.1) is 13.2 Å². The Balaban J connectivity index is 1.73. The molecular formula is C30H37F3N4O4. The van der Waals surface area contributed by atoms with Gasteiger partial charge in [0, 0.05) is 24.3 Å². The zero-order valence-corrected chi connectivity index (χ0v) is 24.2.